The number of alkyl halides is 3. The number of carbonyl (C=O) groups is 3. The summed E-state index contributed by atoms with van der Waals surface area (Å²) in [5.74, 6) is -2.75. The Balaban J connectivity index is 1.82. The van der Waals surface area contributed by atoms with Gasteiger partial charge in [-0.3, -0.25) is 4.79 Å². The van der Waals surface area contributed by atoms with Gasteiger partial charge in [0.15, 0.2) is 0 Å². The molecule has 2 aromatic heterocycles. The first-order valence-corrected chi connectivity index (χ1v) is 15.8. The number of esters is 2. The van der Waals surface area contributed by atoms with Crippen molar-refractivity contribution in [3.8, 4) is 17.0 Å². The van der Waals surface area contributed by atoms with Crippen molar-refractivity contribution in [2.24, 2.45) is 0 Å². The first-order valence-electron chi connectivity index (χ1n) is 13.3. The number of amides is 1. The molecule has 3 aromatic rings. The van der Waals surface area contributed by atoms with E-state index in [0.717, 1.165) is 11.3 Å². The van der Waals surface area contributed by atoms with Crippen molar-refractivity contribution in [3.05, 3.63) is 52.0 Å². The van der Waals surface area contributed by atoms with E-state index < -0.39 is 56.9 Å². The Labute approximate surface area is 255 Å². The standard InChI is InChI=1S/C28H30F3N3O8S2/c1-5-13-42-25(36)22-16(3)23(26(37)41-6-2)43-24(22)34-21(35)12-9-14-44(38,39)27-32-18(15-20(33-27)28(29,30)31)17-10-7-8-11-19(17)40-4/h7-8,10-11,15H,5-6,9,12-14H2,1-4H3,(H,34,35). The molecule has 44 heavy (non-hydrogen) atoms. The number of thiophene rings is 1. The van der Waals surface area contributed by atoms with Gasteiger partial charge in [-0.2, -0.15) is 13.2 Å². The van der Waals surface area contributed by atoms with Crippen LogP contribution in [0.1, 0.15) is 64.4 Å². The van der Waals surface area contributed by atoms with Crippen LogP contribution < -0.4 is 10.1 Å². The van der Waals surface area contributed by atoms with Gasteiger partial charge in [0.2, 0.25) is 20.9 Å². The third-order valence-corrected chi connectivity index (χ3v) is 8.73. The number of methoxy groups -OCH3 is 1. The fourth-order valence-electron chi connectivity index (χ4n) is 3.91. The lowest BCUT2D eigenvalue weighted by molar-refractivity contribution is -0.141. The van der Waals surface area contributed by atoms with Crippen LogP contribution in [0.25, 0.3) is 11.3 Å². The molecule has 238 valence electrons. The fourth-order valence-corrected chi connectivity index (χ4v) is 6.20. The number of halogens is 3. The van der Waals surface area contributed by atoms with E-state index in [1.807, 2.05) is 0 Å². The topological polar surface area (TPSA) is 151 Å². The first kappa shape index (κ1) is 34.4. The molecule has 0 aliphatic rings. The van der Waals surface area contributed by atoms with Gasteiger partial charge < -0.3 is 19.5 Å². The number of para-hydroxylation sites is 1. The maximum atomic E-state index is 13.6. The number of rotatable bonds is 13. The zero-order chi connectivity index (χ0) is 32.7. The Kier molecular flexibility index (Phi) is 11.4. The van der Waals surface area contributed by atoms with Crippen LogP contribution in [0.2, 0.25) is 0 Å². The predicted octanol–water partition coefficient (Wildman–Crippen LogP) is 5.48. The van der Waals surface area contributed by atoms with Crippen LogP contribution in [0.5, 0.6) is 5.75 Å². The second-order valence-electron chi connectivity index (χ2n) is 9.21. The second-order valence-corrected chi connectivity index (χ2v) is 12.2. The highest BCUT2D eigenvalue weighted by atomic mass is 32.2. The van der Waals surface area contributed by atoms with Crippen molar-refractivity contribution in [3.63, 3.8) is 0 Å². The Hall–Kier alpha value is -4.05. The van der Waals surface area contributed by atoms with Crippen LogP contribution in [-0.2, 0) is 30.3 Å². The third kappa shape index (κ3) is 8.31. The summed E-state index contributed by atoms with van der Waals surface area (Å²) in [6.07, 6.45) is -5.15. The van der Waals surface area contributed by atoms with Gasteiger partial charge in [0.25, 0.3) is 0 Å². The van der Waals surface area contributed by atoms with E-state index in [2.05, 4.69) is 15.3 Å². The summed E-state index contributed by atoms with van der Waals surface area (Å²) in [5.41, 5.74) is -1.43. The van der Waals surface area contributed by atoms with E-state index >= 15 is 0 Å². The van der Waals surface area contributed by atoms with E-state index in [-0.39, 0.29) is 57.6 Å². The Morgan fingerprint density at radius 3 is 2.39 bits per heavy atom. The number of benzene rings is 1. The molecule has 0 radical (unpaired) electrons. The molecule has 0 saturated heterocycles. The maximum absolute atomic E-state index is 13.6. The van der Waals surface area contributed by atoms with Gasteiger partial charge >= 0.3 is 18.1 Å². The number of carbonyl (C=O) groups excluding carboxylic acids is 3. The van der Waals surface area contributed by atoms with Crippen molar-refractivity contribution in [2.75, 3.05) is 31.4 Å². The number of hydrogen-bond acceptors (Lipinski definition) is 11. The van der Waals surface area contributed by atoms with Gasteiger partial charge in [0, 0.05) is 12.0 Å². The zero-order valence-electron chi connectivity index (χ0n) is 24.2. The fraction of sp³-hybridized carbons (Fsp3) is 0.393. The van der Waals surface area contributed by atoms with E-state index in [0.29, 0.717) is 12.5 Å². The Morgan fingerprint density at radius 1 is 1.05 bits per heavy atom. The second kappa shape index (κ2) is 14.6. The average molecular weight is 658 g/mol. The Morgan fingerprint density at radius 2 is 1.75 bits per heavy atom. The van der Waals surface area contributed by atoms with Crippen molar-refractivity contribution >= 4 is 44.0 Å². The lowest BCUT2D eigenvalue weighted by Gasteiger charge is -2.13. The lowest BCUT2D eigenvalue weighted by atomic mass is 10.1. The maximum Gasteiger partial charge on any atom is 0.433 e. The van der Waals surface area contributed by atoms with E-state index in [4.69, 9.17) is 14.2 Å². The number of sulfone groups is 1. The zero-order valence-corrected chi connectivity index (χ0v) is 25.9. The summed E-state index contributed by atoms with van der Waals surface area (Å²) in [7, 11) is -3.18. The number of anilines is 1. The minimum atomic E-state index is -4.97. The molecule has 2 heterocycles. The Bertz CT molecular complexity index is 1640. The van der Waals surface area contributed by atoms with Crippen LogP contribution >= 0.6 is 11.3 Å². The molecule has 0 unspecified atom stereocenters. The quantitative estimate of drug-likeness (QED) is 0.185. The van der Waals surface area contributed by atoms with Gasteiger partial charge in [0.1, 0.15) is 21.3 Å². The van der Waals surface area contributed by atoms with Gasteiger partial charge in [-0.25, -0.2) is 28.0 Å². The average Bonchev–Trinajstić information content (AvgIpc) is 3.30. The largest absolute Gasteiger partial charge is 0.496 e. The smallest absolute Gasteiger partial charge is 0.433 e. The molecule has 1 aromatic carbocycles. The normalized spacial score (nSPS) is 11.6. The van der Waals surface area contributed by atoms with Crippen molar-refractivity contribution in [2.45, 2.75) is 51.4 Å². The number of aromatic nitrogens is 2. The molecule has 0 spiro atoms. The van der Waals surface area contributed by atoms with Crippen LogP contribution in [0.15, 0.2) is 35.5 Å². The molecule has 1 amide bonds. The van der Waals surface area contributed by atoms with Crippen LogP contribution in [0.4, 0.5) is 18.2 Å². The molecule has 3 rings (SSSR count). The minimum absolute atomic E-state index is 0.0159. The van der Waals surface area contributed by atoms with Gasteiger partial charge in [-0.15, -0.1) is 11.3 Å². The van der Waals surface area contributed by atoms with Crippen LogP contribution in [0, 0.1) is 6.92 Å². The first-order chi connectivity index (χ1) is 20.7. The molecular formula is C28H30F3N3O8S2. The molecule has 16 heteroatoms. The van der Waals surface area contributed by atoms with Gasteiger partial charge in [0.05, 0.1) is 37.3 Å². The van der Waals surface area contributed by atoms with Crippen LogP contribution in [-0.4, -0.2) is 62.3 Å². The van der Waals surface area contributed by atoms with Crippen molar-refractivity contribution in [1.29, 1.82) is 0 Å². The summed E-state index contributed by atoms with van der Waals surface area (Å²) >= 11 is 0.804. The number of hydrogen-bond donors (Lipinski definition) is 1. The molecule has 11 nitrogen and oxygen atoms in total. The van der Waals surface area contributed by atoms with E-state index in [1.165, 1.54) is 32.2 Å². The number of ether oxygens (including phenoxy) is 3. The van der Waals surface area contributed by atoms with Crippen molar-refractivity contribution < 1.29 is 50.2 Å². The van der Waals surface area contributed by atoms with E-state index in [9.17, 15) is 36.0 Å². The summed E-state index contributed by atoms with van der Waals surface area (Å²) in [6.45, 7) is 5.08. The molecule has 1 N–H and O–H groups in total. The third-order valence-electron chi connectivity index (χ3n) is 5.98. The molecule has 0 atom stereocenters. The highest BCUT2D eigenvalue weighted by molar-refractivity contribution is 7.91. The summed E-state index contributed by atoms with van der Waals surface area (Å²) < 4.78 is 82.4. The molecule has 0 aliphatic carbocycles. The van der Waals surface area contributed by atoms with Gasteiger partial charge in [-0.05, 0) is 50.5 Å². The molecule has 0 bridgehead atoms. The predicted molar refractivity (Wildman–Crippen MR) is 155 cm³/mol. The molecule has 0 saturated carbocycles. The minimum Gasteiger partial charge on any atom is -0.496 e. The molecular weight excluding hydrogens is 627 g/mol. The summed E-state index contributed by atoms with van der Waals surface area (Å²) in [5, 5.41) is 1.47. The molecule has 0 aliphatic heterocycles. The van der Waals surface area contributed by atoms with Gasteiger partial charge in [-0.1, -0.05) is 19.1 Å². The molecule has 0 fully saturated rings. The lowest BCUT2D eigenvalue weighted by Crippen LogP contribution is -2.19. The monoisotopic (exact) mass is 657 g/mol. The highest BCUT2D eigenvalue weighted by Gasteiger charge is 2.36. The van der Waals surface area contributed by atoms with Crippen LogP contribution in [0.3, 0.4) is 0 Å². The number of nitrogens with zero attached hydrogens (tertiary/aromatic N) is 2. The SMILES string of the molecule is CCCOC(=O)c1c(NC(=O)CCCS(=O)(=O)c2nc(-c3ccccc3OC)cc(C(F)(F)F)n2)sc(C(=O)OCC)c1C. The van der Waals surface area contributed by atoms with E-state index in [1.54, 1.807) is 19.9 Å². The van der Waals surface area contributed by atoms with Crippen molar-refractivity contribution in [1.82, 2.24) is 9.97 Å². The summed E-state index contributed by atoms with van der Waals surface area (Å²) in [4.78, 5) is 45.1. The number of nitrogens with one attached hydrogen (secondary N) is 1. The summed E-state index contributed by atoms with van der Waals surface area (Å²) in [6, 6.07) is 6.65. The highest BCUT2D eigenvalue weighted by Crippen LogP contribution is 2.36.